The van der Waals surface area contributed by atoms with E-state index in [9.17, 15) is 9.18 Å². The summed E-state index contributed by atoms with van der Waals surface area (Å²) in [6.07, 6.45) is 1.89. The third-order valence-corrected chi connectivity index (χ3v) is 2.73. The highest BCUT2D eigenvalue weighted by atomic mass is 19.1. The van der Waals surface area contributed by atoms with Crippen LogP contribution in [-0.2, 0) is 0 Å². The van der Waals surface area contributed by atoms with Gasteiger partial charge in [0.2, 0.25) is 0 Å². The van der Waals surface area contributed by atoms with Gasteiger partial charge < -0.3 is 15.0 Å². The van der Waals surface area contributed by atoms with E-state index in [0.29, 0.717) is 18.9 Å². The smallest absolute Gasteiger partial charge is 0.317 e. The van der Waals surface area contributed by atoms with Gasteiger partial charge in [-0.2, -0.15) is 0 Å². The summed E-state index contributed by atoms with van der Waals surface area (Å²) in [4.78, 5) is 13.7. The largest absolute Gasteiger partial charge is 0.492 e. The van der Waals surface area contributed by atoms with Gasteiger partial charge in [-0.05, 0) is 37.1 Å². The predicted molar refractivity (Wildman–Crippen MR) is 77.4 cm³/mol. The molecule has 0 heterocycles. The van der Waals surface area contributed by atoms with Crippen LogP contribution in [0.4, 0.5) is 9.18 Å². The number of urea groups is 1. The van der Waals surface area contributed by atoms with Crippen LogP contribution >= 0.6 is 0 Å². The standard InChI is InChI=1S/C15H23FN2O2/c1-3-10-18(11-4-2)15(19)17-9-12-20-14-7-5-13(16)6-8-14/h5-8H,3-4,9-12H2,1-2H3,(H,17,19). The van der Waals surface area contributed by atoms with Crippen LogP contribution in [0.5, 0.6) is 5.75 Å². The van der Waals surface area contributed by atoms with Crippen LogP contribution in [0.2, 0.25) is 0 Å². The van der Waals surface area contributed by atoms with Crippen molar-refractivity contribution in [3.05, 3.63) is 30.1 Å². The third kappa shape index (κ3) is 5.91. The Kier molecular flexibility index (Phi) is 7.47. The Hall–Kier alpha value is -1.78. The highest BCUT2D eigenvalue weighted by Gasteiger charge is 2.10. The van der Waals surface area contributed by atoms with Crippen molar-refractivity contribution in [2.75, 3.05) is 26.2 Å². The summed E-state index contributed by atoms with van der Waals surface area (Å²) < 4.78 is 18.1. The van der Waals surface area contributed by atoms with Gasteiger partial charge in [-0.1, -0.05) is 13.8 Å². The van der Waals surface area contributed by atoms with E-state index in [2.05, 4.69) is 5.32 Å². The number of carbonyl (C=O) groups excluding carboxylic acids is 1. The molecule has 1 aromatic carbocycles. The molecule has 1 aromatic rings. The number of ether oxygens (including phenoxy) is 1. The first-order valence-electron chi connectivity index (χ1n) is 7.08. The van der Waals surface area contributed by atoms with E-state index in [4.69, 9.17) is 4.74 Å². The number of nitrogens with one attached hydrogen (secondary N) is 1. The van der Waals surface area contributed by atoms with E-state index in [0.717, 1.165) is 25.9 Å². The highest BCUT2D eigenvalue weighted by Crippen LogP contribution is 2.10. The first kappa shape index (κ1) is 16.3. The molecule has 2 amide bonds. The van der Waals surface area contributed by atoms with Crippen molar-refractivity contribution in [2.45, 2.75) is 26.7 Å². The molecule has 4 nitrogen and oxygen atoms in total. The highest BCUT2D eigenvalue weighted by molar-refractivity contribution is 5.74. The first-order valence-corrected chi connectivity index (χ1v) is 7.08. The van der Waals surface area contributed by atoms with Crippen molar-refractivity contribution in [1.29, 1.82) is 0 Å². The summed E-state index contributed by atoms with van der Waals surface area (Å²) in [5.41, 5.74) is 0. The van der Waals surface area contributed by atoms with Crippen LogP contribution < -0.4 is 10.1 Å². The number of rotatable bonds is 8. The molecule has 0 aromatic heterocycles. The summed E-state index contributed by atoms with van der Waals surface area (Å²) in [5, 5.41) is 2.82. The third-order valence-electron chi connectivity index (χ3n) is 2.73. The van der Waals surface area contributed by atoms with Gasteiger partial charge in [0.05, 0.1) is 6.54 Å². The summed E-state index contributed by atoms with van der Waals surface area (Å²) in [7, 11) is 0. The van der Waals surface area contributed by atoms with Crippen LogP contribution in [0.25, 0.3) is 0 Å². The second kappa shape index (κ2) is 9.18. The molecule has 0 spiro atoms. The van der Waals surface area contributed by atoms with Crippen molar-refractivity contribution < 1.29 is 13.9 Å². The Labute approximate surface area is 119 Å². The molecular weight excluding hydrogens is 259 g/mol. The molecule has 0 saturated carbocycles. The number of halogens is 1. The maximum Gasteiger partial charge on any atom is 0.317 e. The monoisotopic (exact) mass is 282 g/mol. The van der Waals surface area contributed by atoms with E-state index in [1.807, 2.05) is 13.8 Å². The SMILES string of the molecule is CCCN(CCC)C(=O)NCCOc1ccc(F)cc1. The zero-order valence-corrected chi connectivity index (χ0v) is 12.2. The number of benzene rings is 1. The Balaban J connectivity index is 2.25. The van der Waals surface area contributed by atoms with Crippen LogP contribution in [0, 0.1) is 5.82 Å². The molecular formula is C15H23FN2O2. The number of amides is 2. The number of nitrogens with zero attached hydrogens (tertiary/aromatic N) is 1. The molecule has 5 heteroatoms. The minimum atomic E-state index is -0.291. The average molecular weight is 282 g/mol. The van der Waals surface area contributed by atoms with Gasteiger partial charge in [-0.3, -0.25) is 0 Å². The maximum absolute atomic E-state index is 12.7. The quantitative estimate of drug-likeness (QED) is 0.745. The lowest BCUT2D eigenvalue weighted by Crippen LogP contribution is -2.42. The minimum absolute atomic E-state index is 0.0589. The molecule has 1 N–H and O–H groups in total. The average Bonchev–Trinajstić information content (AvgIpc) is 2.45. The molecule has 1 rings (SSSR count). The fourth-order valence-electron chi connectivity index (χ4n) is 1.82. The summed E-state index contributed by atoms with van der Waals surface area (Å²) in [6.45, 7) is 6.42. The number of carbonyl (C=O) groups is 1. The predicted octanol–water partition coefficient (Wildman–Crippen LogP) is 3.04. The summed E-state index contributed by atoms with van der Waals surface area (Å²) in [5.74, 6) is 0.306. The molecule has 0 aliphatic carbocycles. The zero-order chi connectivity index (χ0) is 14.8. The molecule has 0 bridgehead atoms. The topological polar surface area (TPSA) is 41.6 Å². The van der Waals surface area contributed by atoms with Gasteiger partial charge in [-0.25, -0.2) is 9.18 Å². The molecule has 0 fully saturated rings. The van der Waals surface area contributed by atoms with Crippen molar-refractivity contribution >= 4 is 6.03 Å². The lowest BCUT2D eigenvalue weighted by atomic mass is 10.3. The zero-order valence-electron chi connectivity index (χ0n) is 12.2. The van der Waals surface area contributed by atoms with E-state index in [1.165, 1.54) is 12.1 Å². The van der Waals surface area contributed by atoms with Gasteiger partial charge in [-0.15, -0.1) is 0 Å². The van der Waals surface area contributed by atoms with Gasteiger partial charge in [0.1, 0.15) is 18.2 Å². The van der Waals surface area contributed by atoms with E-state index >= 15 is 0 Å². The molecule has 0 unspecified atom stereocenters. The molecule has 112 valence electrons. The van der Waals surface area contributed by atoms with Crippen molar-refractivity contribution in [3.8, 4) is 5.75 Å². The lowest BCUT2D eigenvalue weighted by Gasteiger charge is -2.21. The van der Waals surface area contributed by atoms with Crippen molar-refractivity contribution in [2.24, 2.45) is 0 Å². The molecule has 0 aliphatic heterocycles. The normalized spacial score (nSPS) is 10.2. The van der Waals surface area contributed by atoms with E-state index < -0.39 is 0 Å². The van der Waals surface area contributed by atoms with E-state index in [1.54, 1.807) is 17.0 Å². The molecule has 0 aliphatic rings. The van der Waals surface area contributed by atoms with Crippen molar-refractivity contribution in [3.63, 3.8) is 0 Å². The Morgan fingerprint density at radius 1 is 1.20 bits per heavy atom. The summed E-state index contributed by atoms with van der Waals surface area (Å²) >= 11 is 0. The van der Waals surface area contributed by atoms with Crippen LogP contribution in [0.3, 0.4) is 0 Å². The lowest BCUT2D eigenvalue weighted by molar-refractivity contribution is 0.194. The second-order valence-electron chi connectivity index (χ2n) is 4.52. The number of hydrogen-bond acceptors (Lipinski definition) is 2. The fraction of sp³-hybridized carbons (Fsp3) is 0.533. The van der Waals surface area contributed by atoms with Gasteiger partial charge in [0, 0.05) is 13.1 Å². The molecule has 0 atom stereocenters. The minimum Gasteiger partial charge on any atom is -0.492 e. The van der Waals surface area contributed by atoms with Gasteiger partial charge in [0.25, 0.3) is 0 Å². The molecule has 0 radical (unpaired) electrons. The van der Waals surface area contributed by atoms with Crippen LogP contribution in [0.15, 0.2) is 24.3 Å². The summed E-state index contributed by atoms with van der Waals surface area (Å²) in [6, 6.07) is 5.77. The fourth-order valence-corrected chi connectivity index (χ4v) is 1.82. The first-order chi connectivity index (χ1) is 9.67. The Morgan fingerprint density at radius 3 is 2.35 bits per heavy atom. The molecule has 0 saturated heterocycles. The van der Waals surface area contributed by atoms with Crippen molar-refractivity contribution in [1.82, 2.24) is 10.2 Å². The van der Waals surface area contributed by atoms with Crippen LogP contribution in [-0.4, -0.2) is 37.2 Å². The van der Waals surface area contributed by atoms with Crippen LogP contribution in [0.1, 0.15) is 26.7 Å². The maximum atomic E-state index is 12.7. The second-order valence-corrected chi connectivity index (χ2v) is 4.52. The Morgan fingerprint density at radius 2 is 1.80 bits per heavy atom. The van der Waals surface area contributed by atoms with E-state index in [-0.39, 0.29) is 11.8 Å². The van der Waals surface area contributed by atoms with Gasteiger partial charge >= 0.3 is 6.03 Å². The number of hydrogen-bond donors (Lipinski definition) is 1. The Bertz CT molecular complexity index is 389. The molecule has 20 heavy (non-hydrogen) atoms. The van der Waals surface area contributed by atoms with Gasteiger partial charge in [0.15, 0.2) is 0 Å².